The van der Waals surface area contributed by atoms with Crippen LogP contribution in [0.4, 0.5) is 0 Å². The Labute approximate surface area is 55.6 Å². The normalized spacial score (nSPS) is 48.3. The summed E-state index contributed by atoms with van der Waals surface area (Å²) in [7, 11) is 2.02. The van der Waals surface area contributed by atoms with Crippen LogP contribution >= 0.6 is 0 Å². The number of nitrogens with one attached hydrogen (secondary N) is 1. The molecule has 0 aromatic rings. The maximum absolute atomic E-state index is 5.49. The first-order valence-corrected chi connectivity index (χ1v) is 3.72. The van der Waals surface area contributed by atoms with Crippen LogP contribution in [0.15, 0.2) is 0 Å². The molecule has 2 heteroatoms. The van der Waals surface area contributed by atoms with Crippen LogP contribution in [0.25, 0.3) is 0 Å². The van der Waals surface area contributed by atoms with Crippen LogP contribution in [0, 0.1) is 5.92 Å². The third-order valence-corrected chi connectivity index (χ3v) is 2.42. The van der Waals surface area contributed by atoms with Gasteiger partial charge < -0.3 is 10.1 Å². The number of fused-ring (bicyclic) bond motifs is 1. The first kappa shape index (κ1) is 5.69. The smallest absolute Gasteiger partial charge is 0.0775 e. The van der Waals surface area contributed by atoms with Crippen molar-refractivity contribution in [2.75, 3.05) is 13.7 Å². The lowest BCUT2D eigenvalue weighted by Crippen LogP contribution is -2.14. The molecule has 3 atom stereocenters. The van der Waals surface area contributed by atoms with Crippen LogP contribution in [0.1, 0.15) is 12.8 Å². The Morgan fingerprint density at radius 1 is 1.56 bits per heavy atom. The van der Waals surface area contributed by atoms with Gasteiger partial charge in [0.05, 0.1) is 6.10 Å². The van der Waals surface area contributed by atoms with Crippen molar-refractivity contribution >= 4 is 0 Å². The molecule has 2 nitrogen and oxygen atoms in total. The summed E-state index contributed by atoms with van der Waals surface area (Å²) in [5, 5.41) is 3.26. The van der Waals surface area contributed by atoms with E-state index in [9.17, 15) is 0 Å². The van der Waals surface area contributed by atoms with Crippen LogP contribution in [-0.2, 0) is 4.74 Å². The lowest BCUT2D eigenvalue weighted by atomic mass is 10.2. The van der Waals surface area contributed by atoms with Gasteiger partial charge in [-0.25, -0.2) is 0 Å². The third kappa shape index (κ3) is 0.775. The van der Waals surface area contributed by atoms with E-state index in [1.807, 2.05) is 7.05 Å². The molecule has 2 rings (SSSR count). The van der Waals surface area contributed by atoms with E-state index in [-0.39, 0.29) is 0 Å². The van der Waals surface area contributed by atoms with E-state index in [0.29, 0.717) is 12.1 Å². The fourth-order valence-corrected chi connectivity index (χ4v) is 1.83. The molecule has 1 aliphatic carbocycles. The van der Waals surface area contributed by atoms with Crippen LogP contribution in [0.2, 0.25) is 0 Å². The number of hydrogen-bond donors (Lipinski definition) is 1. The molecule has 0 spiro atoms. The zero-order valence-electron chi connectivity index (χ0n) is 5.76. The van der Waals surface area contributed by atoms with E-state index in [1.54, 1.807) is 0 Å². The highest BCUT2D eigenvalue weighted by Gasteiger charge is 2.51. The Bertz CT molecular complexity index is 96.7. The second kappa shape index (κ2) is 1.96. The number of likely N-dealkylation sites (N-methyl/N-ethyl adjacent to an activating group) is 1. The van der Waals surface area contributed by atoms with Crippen LogP contribution in [-0.4, -0.2) is 25.8 Å². The minimum absolute atomic E-state index is 0.573. The molecule has 1 aliphatic heterocycles. The van der Waals surface area contributed by atoms with Crippen LogP contribution in [0.5, 0.6) is 0 Å². The van der Waals surface area contributed by atoms with E-state index >= 15 is 0 Å². The van der Waals surface area contributed by atoms with Crippen molar-refractivity contribution in [1.29, 1.82) is 0 Å². The van der Waals surface area contributed by atoms with Crippen molar-refractivity contribution in [2.45, 2.75) is 25.0 Å². The summed E-state index contributed by atoms with van der Waals surface area (Å²) in [6.45, 7) is 0.985. The van der Waals surface area contributed by atoms with Crippen LogP contribution < -0.4 is 5.32 Å². The summed E-state index contributed by atoms with van der Waals surface area (Å²) in [6, 6.07) is 0.687. The standard InChI is InChI=1S/C7H13NO/c1-8-6-5-3-2-4-9-7(5)6/h5-8H,2-4H2,1H3/t5-,6?,7-/m1/s1. The summed E-state index contributed by atoms with van der Waals surface area (Å²) in [5.41, 5.74) is 0. The molecular formula is C7H13NO. The largest absolute Gasteiger partial charge is 0.376 e. The highest BCUT2D eigenvalue weighted by molar-refractivity contribution is 5.05. The van der Waals surface area contributed by atoms with E-state index in [2.05, 4.69) is 5.32 Å². The average molecular weight is 127 g/mol. The highest BCUT2D eigenvalue weighted by atomic mass is 16.5. The molecule has 0 amide bonds. The Hall–Kier alpha value is -0.0800. The van der Waals surface area contributed by atoms with E-state index in [0.717, 1.165) is 12.5 Å². The summed E-state index contributed by atoms with van der Waals surface area (Å²) < 4.78 is 5.49. The van der Waals surface area contributed by atoms with Gasteiger partial charge in [0.15, 0.2) is 0 Å². The van der Waals surface area contributed by atoms with Crippen molar-refractivity contribution < 1.29 is 4.74 Å². The Morgan fingerprint density at radius 3 is 3.00 bits per heavy atom. The zero-order chi connectivity index (χ0) is 6.27. The molecule has 2 aliphatic rings. The highest BCUT2D eigenvalue weighted by Crippen LogP contribution is 2.41. The Morgan fingerprint density at radius 2 is 2.44 bits per heavy atom. The molecule has 0 radical (unpaired) electrons. The quantitative estimate of drug-likeness (QED) is 0.550. The lowest BCUT2D eigenvalue weighted by molar-refractivity contribution is 0.0773. The Kier molecular flexibility index (Phi) is 1.24. The molecule has 52 valence electrons. The molecule has 1 heterocycles. The van der Waals surface area contributed by atoms with Gasteiger partial charge in [0.25, 0.3) is 0 Å². The van der Waals surface area contributed by atoms with Gasteiger partial charge in [-0.05, 0) is 19.9 Å². The first-order valence-electron chi connectivity index (χ1n) is 3.72. The van der Waals surface area contributed by atoms with Crippen molar-refractivity contribution in [3.63, 3.8) is 0 Å². The van der Waals surface area contributed by atoms with Crippen LogP contribution in [0.3, 0.4) is 0 Å². The summed E-state index contributed by atoms with van der Waals surface area (Å²) >= 11 is 0. The number of hydrogen-bond acceptors (Lipinski definition) is 2. The summed E-state index contributed by atoms with van der Waals surface area (Å²) in [5.74, 6) is 0.851. The zero-order valence-corrected chi connectivity index (χ0v) is 5.76. The lowest BCUT2D eigenvalue weighted by Gasteiger charge is -2.06. The van der Waals surface area contributed by atoms with E-state index < -0.39 is 0 Å². The van der Waals surface area contributed by atoms with E-state index in [1.165, 1.54) is 12.8 Å². The molecule has 0 aromatic carbocycles. The minimum Gasteiger partial charge on any atom is -0.376 e. The minimum atomic E-state index is 0.573. The van der Waals surface area contributed by atoms with Gasteiger partial charge in [-0.2, -0.15) is 0 Å². The van der Waals surface area contributed by atoms with Gasteiger partial charge in [-0.3, -0.25) is 0 Å². The average Bonchev–Trinajstić information content (AvgIpc) is 2.60. The first-order chi connectivity index (χ1) is 4.43. The Balaban J connectivity index is 1.91. The molecule has 1 unspecified atom stereocenters. The van der Waals surface area contributed by atoms with Gasteiger partial charge in [-0.1, -0.05) is 0 Å². The van der Waals surface area contributed by atoms with Crippen molar-refractivity contribution in [1.82, 2.24) is 5.32 Å². The van der Waals surface area contributed by atoms with Gasteiger partial charge >= 0.3 is 0 Å². The third-order valence-electron chi connectivity index (χ3n) is 2.42. The summed E-state index contributed by atoms with van der Waals surface area (Å²) in [6.07, 6.45) is 3.21. The van der Waals surface area contributed by atoms with Gasteiger partial charge in [-0.15, -0.1) is 0 Å². The van der Waals surface area contributed by atoms with Crippen molar-refractivity contribution in [2.24, 2.45) is 5.92 Å². The number of ether oxygens (including phenoxy) is 1. The molecule has 0 bridgehead atoms. The van der Waals surface area contributed by atoms with Crippen molar-refractivity contribution in [3.8, 4) is 0 Å². The molecular weight excluding hydrogens is 114 g/mol. The maximum Gasteiger partial charge on any atom is 0.0775 e. The fraction of sp³-hybridized carbons (Fsp3) is 1.00. The molecule has 1 saturated carbocycles. The fourth-order valence-electron chi connectivity index (χ4n) is 1.83. The molecule has 1 saturated heterocycles. The SMILES string of the molecule is CNC1[C@H]2CCCO[C@@H]12. The van der Waals surface area contributed by atoms with Gasteiger partial charge in [0.1, 0.15) is 0 Å². The summed E-state index contributed by atoms with van der Waals surface area (Å²) in [4.78, 5) is 0. The maximum atomic E-state index is 5.49. The van der Waals surface area contributed by atoms with Crippen molar-refractivity contribution in [3.05, 3.63) is 0 Å². The van der Waals surface area contributed by atoms with E-state index in [4.69, 9.17) is 4.74 Å². The predicted molar refractivity (Wildman–Crippen MR) is 35.3 cm³/mol. The molecule has 1 N–H and O–H groups in total. The van der Waals surface area contributed by atoms with Gasteiger partial charge in [0, 0.05) is 18.6 Å². The predicted octanol–water partition coefficient (Wildman–Crippen LogP) is 0.383. The molecule has 2 fully saturated rings. The molecule has 0 aromatic heterocycles. The monoisotopic (exact) mass is 127 g/mol. The second-order valence-electron chi connectivity index (χ2n) is 2.96. The van der Waals surface area contributed by atoms with Gasteiger partial charge in [0.2, 0.25) is 0 Å². The number of rotatable bonds is 1. The topological polar surface area (TPSA) is 21.3 Å². The second-order valence-corrected chi connectivity index (χ2v) is 2.96. The molecule has 9 heavy (non-hydrogen) atoms.